The lowest BCUT2D eigenvalue weighted by Gasteiger charge is -2.12. The summed E-state index contributed by atoms with van der Waals surface area (Å²) in [6.07, 6.45) is 0. The van der Waals surface area contributed by atoms with Gasteiger partial charge in [0.05, 0.1) is 11.3 Å². The molecule has 1 aromatic heterocycles. The number of Topliss-reactive ketones (excluding diaryl/α,β-unsaturated/α-hetero) is 1. The van der Waals surface area contributed by atoms with Crippen LogP contribution < -0.4 is 5.32 Å². The Morgan fingerprint density at radius 3 is 2.34 bits per heavy atom. The number of anilines is 1. The number of nitrogens with one attached hydrogen (secondary N) is 1. The minimum Gasteiger partial charge on any atom is -0.454 e. The maximum absolute atomic E-state index is 13.2. The summed E-state index contributed by atoms with van der Waals surface area (Å²) < 4.78 is 20.4. The van der Waals surface area contributed by atoms with Gasteiger partial charge in [0.25, 0.3) is 0 Å². The van der Waals surface area contributed by atoms with Crippen LogP contribution in [0.25, 0.3) is 0 Å². The first-order valence-corrected chi connectivity index (χ1v) is 10.2. The Kier molecular flexibility index (Phi) is 6.88. The highest BCUT2D eigenvalue weighted by atomic mass is 19.1. The van der Waals surface area contributed by atoms with Crippen molar-refractivity contribution in [2.75, 3.05) is 11.9 Å². The molecule has 6 nitrogen and oxygen atoms in total. The summed E-state index contributed by atoms with van der Waals surface area (Å²) in [6.45, 7) is 6.89. The van der Waals surface area contributed by atoms with Crippen molar-refractivity contribution in [1.82, 2.24) is 4.57 Å². The van der Waals surface area contributed by atoms with Crippen LogP contribution in [0.2, 0.25) is 0 Å². The van der Waals surface area contributed by atoms with Crippen LogP contribution in [-0.4, -0.2) is 28.8 Å². The number of aromatic nitrogens is 1. The number of carbonyl (C=O) groups excluding carboxylic acids is 3. The number of hydrogen-bond acceptors (Lipinski definition) is 4. The summed E-state index contributed by atoms with van der Waals surface area (Å²) in [7, 11) is 0. The topological polar surface area (TPSA) is 77.4 Å². The molecule has 0 aliphatic heterocycles. The van der Waals surface area contributed by atoms with Crippen molar-refractivity contribution < 1.29 is 23.5 Å². The fraction of sp³-hybridized carbons (Fsp3) is 0.240. The molecule has 32 heavy (non-hydrogen) atoms. The number of rotatable bonds is 7. The third-order valence-electron chi connectivity index (χ3n) is 5.26. The van der Waals surface area contributed by atoms with E-state index in [0.29, 0.717) is 23.4 Å². The quantitative estimate of drug-likeness (QED) is 0.434. The van der Waals surface area contributed by atoms with Crippen molar-refractivity contribution in [2.45, 2.75) is 34.2 Å². The van der Waals surface area contributed by atoms with Crippen molar-refractivity contribution in [3.63, 3.8) is 0 Å². The molecule has 0 unspecified atom stereocenters. The van der Waals surface area contributed by atoms with Gasteiger partial charge in [0.15, 0.2) is 6.61 Å². The highest BCUT2D eigenvalue weighted by Gasteiger charge is 2.20. The van der Waals surface area contributed by atoms with E-state index >= 15 is 0 Å². The van der Waals surface area contributed by atoms with Crippen LogP contribution in [0.15, 0.2) is 48.5 Å². The third kappa shape index (κ3) is 5.11. The second-order valence-electron chi connectivity index (χ2n) is 7.68. The van der Waals surface area contributed by atoms with Crippen molar-refractivity contribution in [2.24, 2.45) is 0 Å². The molecule has 7 heteroatoms. The first-order valence-electron chi connectivity index (χ1n) is 10.2. The molecule has 3 aromatic rings. The number of benzene rings is 2. The van der Waals surface area contributed by atoms with E-state index in [1.54, 1.807) is 43.3 Å². The van der Waals surface area contributed by atoms with Gasteiger partial charge in [-0.1, -0.05) is 24.3 Å². The zero-order valence-electron chi connectivity index (χ0n) is 18.5. The molecule has 3 rings (SSSR count). The van der Waals surface area contributed by atoms with Crippen molar-refractivity contribution in [1.29, 1.82) is 0 Å². The standard InChI is InChI=1S/C25H25FN2O4/c1-15-6-5-7-21(24(15)27-18(4)29)25(31)32-14-23(30)22-12-16(2)28(17(22)3)13-19-8-10-20(26)11-9-19/h5-12H,13-14H2,1-4H3,(H,27,29). The number of aryl methyl sites for hydroxylation is 2. The molecule has 0 bridgehead atoms. The smallest absolute Gasteiger partial charge is 0.340 e. The molecule has 1 N–H and O–H groups in total. The van der Waals surface area contributed by atoms with Crippen LogP contribution in [0.1, 0.15) is 50.2 Å². The van der Waals surface area contributed by atoms with Crippen LogP contribution in [0.4, 0.5) is 10.1 Å². The number of hydrogen-bond donors (Lipinski definition) is 1. The number of ether oxygens (including phenoxy) is 1. The zero-order chi connectivity index (χ0) is 23.4. The lowest BCUT2D eigenvalue weighted by molar-refractivity contribution is -0.114. The average Bonchev–Trinajstić information content (AvgIpc) is 3.02. The molecule has 0 saturated carbocycles. The highest BCUT2D eigenvalue weighted by molar-refractivity contribution is 6.04. The summed E-state index contributed by atoms with van der Waals surface area (Å²) in [5, 5.41) is 2.64. The van der Waals surface area contributed by atoms with E-state index in [0.717, 1.165) is 17.0 Å². The fourth-order valence-electron chi connectivity index (χ4n) is 3.57. The van der Waals surface area contributed by atoms with E-state index in [9.17, 15) is 18.8 Å². The summed E-state index contributed by atoms with van der Waals surface area (Å²) in [6, 6.07) is 12.9. The Hall–Kier alpha value is -3.74. The Balaban J connectivity index is 1.73. The summed E-state index contributed by atoms with van der Waals surface area (Å²) in [5.74, 6) is -1.63. The Morgan fingerprint density at radius 2 is 1.69 bits per heavy atom. The molecule has 0 radical (unpaired) electrons. The Labute approximate surface area is 186 Å². The second kappa shape index (κ2) is 9.60. The van der Waals surface area contributed by atoms with E-state index in [1.165, 1.54) is 19.1 Å². The molecule has 0 saturated heterocycles. The first kappa shape index (κ1) is 22.9. The van der Waals surface area contributed by atoms with E-state index in [2.05, 4.69) is 5.32 Å². The summed E-state index contributed by atoms with van der Waals surface area (Å²) >= 11 is 0. The minimum atomic E-state index is -0.689. The zero-order valence-corrected chi connectivity index (χ0v) is 18.5. The van der Waals surface area contributed by atoms with Crippen LogP contribution in [0, 0.1) is 26.6 Å². The maximum Gasteiger partial charge on any atom is 0.340 e. The van der Waals surface area contributed by atoms with E-state index in [-0.39, 0.29) is 23.1 Å². The third-order valence-corrected chi connectivity index (χ3v) is 5.26. The molecule has 2 aromatic carbocycles. The second-order valence-corrected chi connectivity index (χ2v) is 7.68. The molecule has 166 valence electrons. The van der Waals surface area contributed by atoms with E-state index < -0.39 is 12.6 Å². The molecule has 1 heterocycles. The minimum absolute atomic E-state index is 0.190. The number of halogens is 1. The molecule has 1 amide bonds. The molecule has 0 aliphatic carbocycles. The maximum atomic E-state index is 13.2. The van der Waals surface area contributed by atoms with Gasteiger partial charge < -0.3 is 14.6 Å². The summed E-state index contributed by atoms with van der Waals surface area (Å²) in [4.78, 5) is 36.9. The lowest BCUT2D eigenvalue weighted by atomic mass is 10.1. The largest absolute Gasteiger partial charge is 0.454 e. The molecule has 0 atom stereocenters. The molecule has 0 spiro atoms. The van der Waals surface area contributed by atoms with Crippen LogP contribution in [-0.2, 0) is 16.1 Å². The van der Waals surface area contributed by atoms with Gasteiger partial charge in [0.2, 0.25) is 11.7 Å². The number of ketones is 1. The fourth-order valence-corrected chi connectivity index (χ4v) is 3.57. The van der Waals surface area contributed by atoms with Gasteiger partial charge in [-0.25, -0.2) is 9.18 Å². The van der Waals surface area contributed by atoms with Crippen LogP contribution >= 0.6 is 0 Å². The Morgan fingerprint density at radius 1 is 1.00 bits per heavy atom. The number of carbonyl (C=O) groups is 3. The molecular weight excluding hydrogens is 411 g/mol. The molecule has 0 fully saturated rings. The average molecular weight is 436 g/mol. The number of amides is 1. The summed E-state index contributed by atoms with van der Waals surface area (Å²) in [5.41, 5.74) is 4.25. The van der Waals surface area contributed by atoms with Gasteiger partial charge in [-0.2, -0.15) is 0 Å². The normalized spacial score (nSPS) is 10.7. The monoisotopic (exact) mass is 436 g/mol. The van der Waals surface area contributed by atoms with Gasteiger partial charge in [0, 0.05) is 30.4 Å². The Bertz CT molecular complexity index is 1180. The molecule has 0 aliphatic rings. The van der Waals surface area contributed by atoms with Gasteiger partial charge in [-0.05, 0) is 56.2 Å². The highest BCUT2D eigenvalue weighted by Crippen LogP contribution is 2.22. The predicted octanol–water partition coefficient (Wildman–Crippen LogP) is 4.60. The van der Waals surface area contributed by atoms with Gasteiger partial charge in [0.1, 0.15) is 5.82 Å². The number of nitrogens with zero attached hydrogens (tertiary/aromatic N) is 1. The van der Waals surface area contributed by atoms with Crippen molar-refractivity contribution in [3.8, 4) is 0 Å². The van der Waals surface area contributed by atoms with Crippen LogP contribution in [0.3, 0.4) is 0 Å². The van der Waals surface area contributed by atoms with Crippen molar-refractivity contribution in [3.05, 3.63) is 88.0 Å². The number of para-hydroxylation sites is 1. The van der Waals surface area contributed by atoms with E-state index in [1.807, 2.05) is 18.4 Å². The lowest BCUT2D eigenvalue weighted by Crippen LogP contribution is -2.18. The first-order chi connectivity index (χ1) is 15.2. The van der Waals surface area contributed by atoms with Gasteiger partial charge >= 0.3 is 5.97 Å². The van der Waals surface area contributed by atoms with Gasteiger partial charge in [-0.3, -0.25) is 9.59 Å². The van der Waals surface area contributed by atoms with Crippen molar-refractivity contribution >= 4 is 23.3 Å². The van der Waals surface area contributed by atoms with Crippen LogP contribution in [0.5, 0.6) is 0 Å². The predicted molar refractivity (Wildman–Crippen MR) is 120 cm³/mol. The number of esters is 1. The van der Waals surface area contributed by atoms with E-state index in [4.69, 9.17) is 4.74 Å². The molecular formula is C25H25FN2O4. The van der Waals surface area contributed by atoms with Gasteiger partial charge in [-0.15, -0.1) is 0 Å². The SMILES string of the molecule is CC(=O)Nc1c(C)cccc1C(=O)OCC(=O)c1cc(C)n(Cc2ccc(F)cc2)c1C.